The van der Waals surface area contributed by atoms with Crippen molar-refractivity contribution in [1.29, 1.82) is 0 Å². The highest BCUT2D eigenvalue weighted by molar-refractivity contribution is 7.12. The van der Waals surface area contributed by atoms with Gasteiger partial charge >= 0.3 is 13.1 Å². The van der Waals surface area contributed by atoms with Crippen molar-refractivity contribution in [3.63, 3.8) is 0 Å². The van der Waals surface area contributed by atoms with Gasteiger partial charge in [0.15, 0.2) is 0 Å². The molecule has 2 rings (SSSR count). The molecule has 0 spiro atoms. The average Bonchev–Trinajstić information content (AvgIpc) is 2.82. The number of ether oxygens (including phenoxy) is 1. The Morgan fingerprint density at radius 2 is 1.82 bits per heavy atom. The molecule has 4 nitrogen and oxygen atoms in total. The SMILES string of the molecule is COC(=O)CC(B1OC(C)(C)C(C)(C)O1)c1cc(C)sc1C. The van der Waals surface area contributed by atoms with Crippen molar-refractivity contribution in [2.24, 2.45) is 0 Å². The van der Waals surface area contributed by atoms with Crippen LogP contribution in [0.3, 0.4) is 0 Å². The number of methoxy groups -OCH3 is 1. The predicted molar refractivity (Wildman–Crippen MR) is 89.2 cm³/mol. The molecule has 1 unspecified atom stereocenters. The summed E-state index contributed by atoms with van der Waals surface area (Å²) in [6.07, 6.45) is 0.254. The van der Waals surface area contributed by atoms with Crippen LogP contribution in [-0.4, -0.2) is 31.4 Å². The van der Waals surface area contributed by atoms with Gasteiger partial charge in [-0.1, -0.05) is 0 Å². The topological polar surface area (TPSA) is 44.8 Å². The molecule has 122 valence electrons. The van der Waals surface area contributed by atoms with E-state index in [0.717, 1.165) is 5.56 Å². The number of thiophene rings is 1. The quantitative estimate of drug-likeness (QED) is 0.626. The Morgan fingerprint density at radius 1 is 1.27 bits per heavy atom. The normalized spacial score (nSPS) is 21.0. The fourth-order valence-corrected chi connectivity index (χ4v) is 3.68. The molecule has 1 aromatic rings. The number of rotatable bonds is 4. The molecule has 0 bridgehead atoms. The summed E-state index contributed by atoms with van der Waals surface area (Å²) in [5.41, 5.74) is 0.294. The standard InChI is InChI=1S/C16H25BO4S/c1-10-8-12(11(2)22-10)13(9-14(18)19-7)17-20-15(3,4)16(5,6)21-17/h8,13H,9H2,1-7H3. The molecule has 1 fully saturated rings. The number of carbonyl (C=O) groups is 1. The molecule has 0 aliphatic carbocycles. The van der Waals surface area contributed by atoms with Crippen LogP contribution in [0.15, 0.2) is 6.07 Å². The van der Waals surface area contributed by atoms with Gasteiger partial charge in [0.1, 0.15) is 0 Å². The molecule has 22 heavy (non-hydrogen) atoms. The molecule has 0 radical (unpaired) electrons. The van der Waals surface area contributed by atoms with E-state index in [9.17, 15) is 4.79 Å². The summed E-state index contributed by atoms with van der Waals surface area (Å²) in [6, 6.07) is 2.12. The van der Waals surface area contributed by atoms with Crippen molar-refractivity contribution >= 4 is 24.4 Å². The zero-order valence-corrected chi connectivity index (χ0v) is 15.3. The summed E-state index contributed by atoms with van der Waals surface area (Å²) in [6.45, 7) is 12.2. The fourth-order valence-electron chi connectivity index (χ4n) is 2.69. The first-order chi connectivity index (χ1) is 10.1. The summed E-state index contributed by atoms with van der Waals surface area (Å²) in [4.78, 5) is 14.3. The number of esters is 1. The predicted octanol–water partition coefficient (Wildman–Crippen LogP) is 3.64. The molecule has 2 heterocycles. The summed E-state index contributed by atoms with van der Waals surface area (Å²) < 4.78 is 17.2. The van der Waals surface area contributed by atoms with Crippen LogP contribution in [0, 0.1) is 13.8 Å². The number of carbonyl (C=O) groups excluding carboxylic acids is 1. The van der Waals surface area contributed by atoms with Gasteiger partial charge < -0.3 is 14.0 Å². The van der Waals surface area contributed by atoms with Crippen LogP contribution >= 0.6 is 11.3 Å². The van der Waals surface area contributed by atoms with Crippen molar-refractivity contribution in [2.75, 3.05) is 7.11 Å². The van der Waals surface area contributed by atoms with Gasteiger partial charge in [0.05, 0.1) is 24.7 Å². The van der Waals surface area contributed by atoms with Gasteiger partial charge in [-0.3, -0.25) is 4.79 Å². The van der Waals surface area contributed by atoms with E-state index in [1.807, 2.05) is 27.7 Å². The summed E-state index contributed by atoms with van der Waals surface area (Å²) in [7, 11) is 0.965. The van der Waals surface area contributed by atoms with Crippen LogP contribution in [0.5, 0.6) is 0 Å². The Balaban J connectivity index is 2.34. The minimum atomic E-state index is -0.447. The Morgan fingerprint density at radius 3 is 2.23 bits per heavy atom. The lowest BCUT2D eigenvalue weighted by molar-refractivity contribution is -0.140. The Labute approximate surface area is 137 Å². The van der Waals surface area contributed by atoms with E-state index in [-0.39, 0.29) is 18.2 Å². The highest BCUT2D eigenvalue weighted by atomic mass is 32.1. The maximum absolute atomic E-state index is 11.9. The molecule has 1 saturated heterocycles. The molecule has 1 atom stereocenters. The molecule has 0 N–H and O–H groups in total. The van der Waals surface area contributed by atoms with E-state index >= 15 is 0 Å². The smallest absolute Gasteiger partial charge is 0.466 e. The van der Waals surface area contributed by atoms with Crippen LogP contribution in [-0.2, 0) is 18.8 Å². The van der Waals surface area contributed by atoms with Gasteiger partial charge in [-0.05, 0) is 53.2 Å². The first kappa shape index (κ1) is 17.5. The van der Waals surface area contributed by atoms with E-state index in [2.05, 4.69) is 19.9 Å². The first-order valence-electron chi connectivity index (χ1n) is 7.57. The Bertz CT molecular complexity index is 548. The highest BCUT2D eigenvalue weighted by Gasteiger charge is 2.54. The number of aryl methyl sites for hydroxylation is 2. The first-order valence-corrected chi connectivity index (χ1v) is 8.38. The Hall–Kier alpha value is -0.845. The van der Waals surface area contributed by atoms with E-state index in [1.54, 1.807) is 11.3 Å². The zero-order valence-electron chi connectivity index (χ0n) is 14.5. The molecular formula is C16H25BO4S. The lowest BCUT2D eigenvalue weighted by atomic mass is 9.66. The van der Waals surface area contributed by atoms with E-state index < -0.39 is 18.3 Å². The average molecular weight is 324 g/mol. The van der Waals surface area contributed by atoms with Crippen LogP contribution in [0.25, 0.3) is 0 Å². The molecule has 1 aromatic heterocycles. The third-order valence-corrected chi connectivity index (χ3v) is 5.67. The van der Waals surface area contributed by atoms with Crippen LogP contribution in [0.1, 0.15) is 55.3 Å². The van der Waals surface area contributed by atoms with E-state index in [4.69, 9.17) is 14.0 Å². The molecule has 0 aromatic carbocycles. The summed E-state index contributed by atoms with van der Waals surface area (Å²) >= 11 is 1.73. The molecular weight excluding hydrogens is 299 g/mol. The maximum Gasteiger partial charge on any atom is 0.466 e. The summed E-state index contributed by atoms with van der Waals surface area (Å²) in [5, 5.41) is 0. The van der Waals surface area contributed by atoms with Crippen LogP contribution in [0.2, 0.25) is 0 Å². The molecule has 1 aliphatic rings. The summed E-state index contributed by atoms with van der Waals surface area (Å²) in [5.74, 6) is -0.401. The zero-order chi connectivity index (χ0) is 16.7. The van der Waals surface area contributed by atoms with Crippen molar-refractivity contribution in [1.82, 2.24) is 0 Å². The Kier molecular flexibility index (Phi) is 4.76. The van der Waals surface area contributed by atoms with Gasteiger partial charge in [-0.2, -0.15) is 0 Å². The highest BCUT2D eigenvalue weighted by Crippen LogP contribution is 2.43. The largest absolute Gasteiger partial charge is 0.469 e. The minimum Gasteiger partial charge on any atom is -0.469 e. The number of hydrogen-bond donors (Lipinski definition) is 0. The third-order valence-electron chi connectivity index (χ3n) is 4.69. The second kappa shape index (κ2) is 5.98. The van der Waals surface area contributed by atoms with Crippen molar-refractivity contribution < 1.29 is 18.8 Å². The van der Waals surface area contributed by atoms with Gasteiger partial charge in [0, 0.05) is 15.6 Å². The van der Waals surface area contributed by atoms with E-state index in [1.165, 1.54) is 16.9 Å². The van der Waals surface area contributed by atoms with Gasteiger partial charge in [0.2, 0.25) is 0 Å². The van der Waals surface area contributed by atoms with E-state index in [0.29, 0.717) is 0 Å². The fraction of sp³-hybridized carbons (Fsp3) is 0.688. The molecule has 0 saturated carbocycles. The van der Waals surface area contributed by atoms with Crippen molar-refractivity contribution in [3.05, 3.63) is 21.4 Å². The third kappa shape index (κ3) is 3.24. The van der Waals surface area contributed by atoms with Gasteiger partial charge in [0.25, 0.3) is 0 Å². The molecule has 0 amide bonds. The monoisotopic (exact) mass is 324 g/mol. The van der Waals surface area contributed by atoms with Gasteiger partial charge in [-0.15, -0.1) is 11.3 Å². The molecule has 1 aliphatic heterocycles. The van der Waals surface area contributed by atoms with Gasteiger partial charge in [-0.25, -0.2) is 0 Å². The lowest BCUT2D eigenvalue weighted by Crippen LogP contribution is -2.41. The minimum absolute atomic E-state index is 0.154. The maximum atomic E-state index is 11.9. The van der Waals surface area contributed by atoms with Crippen LogP contribution in [0.4, 0.5) is 0 Å². The van der Waals surface area contributed by atoms with Crippen molar-refractivity contribution in [3.8, 4) is 0 Å². The second-order valence-corrected chi connectivity index (χ2v) is 8.34. The second-order valence-electron chi connectivity index (χ2n) is 6.88. The number of hydrogen-bond acceptors (Lipinski definition) is 5. The van der Waals surface area contributed by atoms with Crippen LogP contribution < -0.4 is 0 Å². The molecule has 6 heteroatoms. The van der Waals surface area contributed by atoms with Crippen molar-refractivity contribution in [2.45, 2.75) is 65.0 Å². The lowest BCUT2D eigenvalue weighted by Gasteiger charge is -2.32.